The molecule has 0 unspecified atom stereocenters. The van der Waals surface area contributed by atoms with Gasteiger partial charge in [-0.3, -0.25) is 0 Å². The monoisotopic (exact) mass is 488 g/mol. The number of hydrogen-bond acceptors (Lipinski definition) is 6. The Bertz CT molecular complexity index is 984. The second-order valence-electron chi connectivity index (χ2n) is 4.88. The Morgan fingerprint density at radius 3 is 2.69 bits per heavy atom. The van der Waals surface area contributed by atoms with Crippen LogP contribution in [0.2, 0.25) is 0 Å². The van der Waals surface area contributed by atoms with Gasteiger partial charge in [-0.1, -0.05) is 12.1 Å². The van der Waals surface area contributed by atoms with Crippen molar-refractivity contribution in [1.29, 1.82) is 5.26 Å². The summed E-state index contributed by atoms with van der Waals surface area (Å²) in [5.74, 6) is 0.653. The smallest absolute Gasteiger partial charge is 0.434 e. The van der Waals surface area contributed by atoms with Gasteiger partial charge in [0.05, 0.1) is 9.13 Å². The molecular weight excluding hydrogens is 480 g/mol. The number of para-hydroxylation sites is 1. The summed E-state index contributed by atoms with van der Waals surface area (Å²) in [6, 6.07) is 10.6. The maximum Gasteiger partial charge on any atom is 0.434 e. The molecule has 0 atom stereocenters. The topological polar surface area (TPSA) is 70.8 Å². The van der Waals surface area contributed by atoms with Crippen molar-refractivity contribution in [3.63, 3.8) is 0 Å². The van der Waals surface area contributed by atoms with Crippen molar-refractivity contribution in [1.82, 2.24) is 9.97 Å². The molecule has 0 aliphatic heterocycles. The van der Waals surface area contributed by atoms with E-state index in [0.29, 0.717) is 5.75 Å². The second kappa shape index (κ2) is 7.46. The molecule has 2 heterocycles. The van der Waals surface area contributed by atoms with Crippen LogP contribution in [0.25, 0.3) is 0 Å². The highest BCUT2D eigenvalue weighted by Gasteiger charge is 2.33. The molecule has 132 valence electrons. The minimum absolute atomic E-state index is 0.0156. The Morgan fingerprint density at radius 1 is 1.27 bits per heavy atom. The number of benzene rings is 1. The molecule has 0 spiro atoms. The van der Waals surface area contributed by atoms with E-state index in [2.05, 4.69) is 37.9 Å². The molecule has 0 radical (unpaired) electrons. The van der Waals surface area contributed by atoms with E-state index >= 15 is 0 Å². The summed E-state index contributed by atoms with van der Waals surface area (Å²) in [4.78, 5) is 7.59. The van der Waals surface area contributed by atoms with Gasteiger partial charge < -0.3 is 10.1 Å². The van der Waals surface area contributed by atoms with Gasteiger partial charge in [0.1, 0.15) is 17.5 Å². The molecule has 2 aromatic heterocycles. The number of nitrogens with one attached hydrogen (secondary N) is 1. The Morgan fingerprint density at radius 2 is 2.04 bits per heavy atom. The molecule has 3 aromatic rings. The summed E-state index contributed by atoms with van der Waals surface area (Å²) in [6.45, 7) is 0. The molecule has 0 saturated carbocycles. The van der Waals surface area contributed by atoms with Crippen molar-refractivity contribution in [2.75, 3.05) is 5.32 Å². The zero-order valence-corrected chi connectivity index (χ0v) is 15.7. The van der Waals surface area contributed by atoms with Crippen LogP contribution in [-0.2, 0) is 6.18 Å². The van der Waals surface area contributed by atoms with E-state index in [0.717, 1.165) is 20.3 Å². The molecule has 10 heteroatoms. The molecule has 1 aromatic carbocycles. The average Bonchev–Trinajstić information content (AvgIpc) is 3.07. The molecule has 0 aliphatic rings. The molecule has 0 amide bonds. The van der Waals surface area contributed by atoms with Gasteiger partial charge in [-0.2, -0.15) is 18.4 Å². The first-order chi connectivity index (χ1) is 12.4. The number of anilines is 2. The lowest BCUT2D eigenvalue weighted by molar-refractivity contribution is -0.140. The number of rotatable bonds is 4. The SMILES string of the molecule is N#Cc1cnc(Oc2ccccc2I)c(Nc2nc(C(F)(F)F)cs2)c1. The van der Waals surface area contributed by atoms with Crippen molar-refractivity contribution >= 4 is 44.7 Å². The van der Waals surface area contributed by atoms with Crippen LogP contribution in [0, 0.1) is 14.9 Å². The highest BCUT2D eigenvalue weighted by Crippen LogP contribution is 2.36. The van der Waals surface area contributed by atoms with E-state index in [1.807, 2.05) is 18.2 Å². The lowest BCUT2D eigenvalue weighted by Gasteiger charge is -2.12. The van der Waals surface area contributed by atoms with Gasteiger partial charge in [-0.15, -0.1) is 11.3 Å². The number of alkyl halides is 3. The molecular formula is C16H8F3IN4OS. The first kappa shape index (κ1) is 18.4. The lowest BCUT2D eigenvalue weighted by Crippen LogP contribution is -2.05. The minimum Gasteiger partial charge on any atom is -0.436 e. The van der Waals surface area contributed by atoms with Gasteiger partial charge in [0, 0.05) is 11.6 Å². The van der Waals surface area contributed by atoms with Crippen LogP contribution in [-0.4, -0.2) is 9.97 Å². The van der Waals surface area contributed by atoms with Gasteiger partial charge in [0.2, 0.25) is 5.88 Å². The molecule has 5 nitrogen and oxygen atoms in total. The van der Waals surface area contributed by atoms with Gasteiger partial charge in [-0.25, -0.2) is 9.97 Å². The third kappa shape index (κ3) is 4.23. The van der Waals surface area contributed by atoms with E-state index < -0.39 is 11.9 Å². The maximum absolute atomic E-state index is 12.7. The molecule has 0 saturated heterocycles. The first-order valence-electron chi connectivity index (χ1n) is 6.99. The standard InChI is InChI=1S/C16H8F3IN4OS/c17-16(18,19)13-8-26-15(24-13)23-11-5-9(6-21)7-22-14(11)25-12-4-2-1-3-10(12)20/h1-5,7-8H,(H,23,24). The van der Waals surface area contributed by atoms with Crippen LogP contribution < -0.4 is 10.1 Å². The fourth-order valence-electron chi connectivity index (χ4n) is 1.89. The van der Waals surface area contributed by atoms with E-state index in [1.165, 1.54) is 12.3 Å². The number of halogens is 4. The van der Waals surface area contributed by atoms with Crippen LogP contribution in [0.1, 0.15) is 11.3 Å². The minimum atomic E-state index is -4.53. The van der Waals surface area contributed by atoms with Crippen molar-refractivity contribution in [2.45, 2.75) is 6.18 Å². The average molecular weight is 488 g/mol. The van der Waals surface area contributed by atoms with Crippen LogP contribution in [0.5, 0.6) is 11.6 Å². The largest absolute Gasteiger partial charge is 0.436 e. The summed E-state index contributed by atoms with van der Waals surface area (Å²) in [5.41, 5.74) is -0.517. The van der Waals surface area contributed by atoms with Crippen molar-refractivity contribution in [2.24, 2.45) is 0 Å². The zero-order chi connectivity index (χ0) is 18.7. The van der Waals surface area contributed by atoms with E-state index in [1.54, 1.807) is 12.1 Å². The Balaban J connectivity index is 1.93. The van der Waals surface area contributed by atoms with Crippen molar-refractivity contribution in [3.05, 3.63) is 56.7 Å². The van der Waals surface area contributed by atoms with E-state index in [4.69, 9.17) is 10.00 Å². The van der Waals surface area contributed by atoms with E-state index in [9.17, 15) is 13.2 Å². The predicted octanol–water partition coefficient (Wildman–Crippen LogP) is 5.57. The first-order valence-corrected chi connectivity index (χ1v) is 8.95. The van der Waals surface area contributed by atoms with Gasteiger partial charge in [-0.05, 0) is 40.8 Å². The van der Waals surface area contributed by atoms with Crippen molar-refractivity contribution in [3.8, 4) is 17.7 Å². The quantitative estimate of drug-likeness (QED) is 0.487. The predicted molar refractivity (Wildman–Crippen MR) is 98.6 cm³/mol. The third-order valence-corrected chi connectivity index (χ3v) is 4.71. The zero-order valence-electron chi connectivity index (χ0n) is 12.7. The van der Waals surface area contributed by atoms with Crippen LogP contribution in [0.15, 0.2) is 41.9 Å². The van der Waals surface area contributed by atoms with Crippen molar-refractivity contribution < 1.29 is 17.9 Å². The fraction of sp³-hybridized carbons (Fsp3) is 0.0625. The molecule has 0 aliphatic carbocycles. The fourth-order valence-corrected chi connectivity index (χ4v) is 3.12. The lowest BCUT2D eigenvalue weighted by atomic mass is 10.3. The normalized spacial score (nSPS) is 11.0. The Hall–Kier alpha value is -2.39. The second-order valence-corrected chi connectivity index (χ2v) is 6.90. The molecule has 0 fully saturated rings. The molecule has 3 rings (SSSR count). The highest BCUT2D eigenvalue weighted by molar-refractivity contribution is 14.1. The van der Waals surface area contributed by atoms with Gasteiger partial charge in [0.25, 0.3) is 0 Å². The number of ether oxygens (including phenoxy) is 1. The molecule has 0 bridgehead atoms. The number of nitrogens with zero attached hydrogens (tertiary/aromatic N) is 3. The number of aromatic nitrogens is 2. The van der Waals surface area contributed by atoms with Crippen LogP contribution in [0.4, 0.5) is 24.0 Å². The van der Waals surface area contributed by atoms with Crippen LogP contribution >= 0.6 is 33.9 Å². The number of hydrogen-bond donors (Lipinski definition) is 1. The highest BCUT2D eigenvalue weighted by atomic mass is 127. The number of nitriles is 1. The molecule has 26 heavy (non-hydrogen) atoms. The summed E-state index contributed by atoms with van der Waals surface area (Å²) in [6.07, 6.45) is -3.21. The number of pyridine rings is 1. The summed E-state index contributed by atoms with van der Waals surface area (Å²) in [5, 5.41) is 12.7. The van der Waals surface area contributed by atoms with Gasteiger partial charge >= 0.3 is 6.18 Å². The van der Waals surface area contributed by atoms with Gasteiger partial charge in [0.15, 0.2) is 10.8 Å². The van der Waals surface area contributed by atoms with Crippen LogP contribution in [0.3, 0.4) is 0 Å². The Kier molecular flexibility index (Phi) is 5.28. The number of thiazole rings is 1. The Labute approximate surface area is 163 Å². The summed E-state index contributed by atoms with van der Waals surface area (Å²) in [7, 11) is 0. The summed E-state index contributed by atoms with van der Waals surface area (Å²) >= 11 is 2.88. The van der Waals surface area contributed by atoms with E-state index in [-0.39, 0.29) is 22.3 Å². The summed E-state index contributed by atoms with van der Waals surface area (Å²) < 4.78 is 44.7. The maximum atomic E-state index is 12.7. The molecule has 1 N–H and O–H groups in total. The third-order valence-electron chi connectivity index (χ3n) is 3.06.